The summed E-state index contributed by atoms with van der Waals surface area (Å²) in [5.74, 6) is -1.02. The van der Waals surface area contributed by atoms with Gasteiger partial charge in [0.05, 0.1) is 0 Å². The maximum Gasteiger partial charge on any atom is 0.306 e. The average Bonchev–Trinajstić information content (AvgIpc) is 3.21. The largest absolute Gasteiger partial charge is 0.462 e. The summed E-state index contributed by atoms with van der Waals surface area (Å²) in [5, 5.41) is 0. The van der Waals surface area contributed by atoms with E-state index in [2.05, 4.69) is 118 Å². The number of hydrogen-bond acceptors (Lipinski definition) is 6. The molecule has 0 aromatic carbocycles. The van der Waals surface area contributed by atoms with Crippen LogP contribution in [0.15, 0.2) is 97.2 Å². The number of unbranched alkanes of at least 4 members (excludes halogenated alkanes) is 13. The SMILES string of the molecule is CC/C=C\C/C=C\C/C=C\C/C=C\C/C=C\CCCC(=O)OCC(COC(=O)CCCCCCC/C=C\CCCC)OC(=O)CCCCC/C=C\C=C/CCCC. The molecule has 6 heteroatoms. The van der Waals surface area contributed by atoms with Crippen molar-refractivity contribution in [2.45, 2.75) is 194 Å². The fourth-order valence-corrected chi connectivity index (χ4v) is 5.61. The standard InChI is InChI=1S/C51H82O6/c1-4-7-10-13-16-19-22-23-24-25-26-27-30-32-35-38-41-44-50(53)56-47-48(57-51(54)45-42-39-36-33-29-21-18-15-12-9-6-3)46-55-49(52)43-40-37-34-31-28-20-17-14-11-8-5-2/h7,10,14-19,21,23-24,26-27,29,32,35,48H,4-6,8-9,11-13,20,22,25,28,30-31,33-34,36-47H2,1-3H3/b10-7-,17-14-,18-15-,19-16-,24-23-,27-26-,29-21-,35-32-. The summed E-state index contributed by atoms with van der Waals surface area (Å²) in [6, 6.07) is 0. The Bertz CT molecular complexity index is 1180. The molecule has 0 saturated heterocycles. The monoisotopic (exact) mass is 791 g/mol. The zero-order valence-electron chi connectivity index (χ0n) is 36.6. The van der Waals surface area contributed by atoms with Gasteiger partial charge in [0.1, 0.15) is 13.2 Å². The lowest BCUT2D eigenvalue weighted by atomic mass is 10.1. The van der Waals surface area contributed by atoms with Gasteiger partial charge in [-0.3, -0.25) is 14.4 Å². The summed E-state index contributed by atoms with van der Waals surface area (Å²) in [5.41, 5.74) is 0. The van der Waals surface area contributed by atoms with Crippen molar-refractivity contribution in [3.8, 4) is 0 Å². The molecule has 0 saturated carbocycles. The highest BCUT2D eigenvalue weighted by Crippen LogP contribution is 2.11. The smallest absolute Gasteiger partial charge is 0.306 e. The molecule has 0 rings (SSSR count). The van der Waals surface area contributed by atoms with Crippen LogP contribution in [0.4, 0.5) is 0 Å². The number of ether oxygens (including phenoxy) is 3. The Morgan fingerprint density at radius 2 is 0.754 bits per heavy atom. The Balaban J connectivity index is 4.52. The third-order valence-corrected chi connectivity index (χ3v) is 9.07. The van der Waals surface area contributed by atoms with Crippen molar-refractivity contribution in [1.82, 2.24) is 0 Å². The zero-order chi connectivity index (χ0) is 41.5. The summed E-state index contributed by atoms with van der Waals surface area (Å²) in [6.45, 7) is 6.32. The third-order valence-electron chi connectivity index (χ3n) is 9.07. The number of carbonyl (C=O) groups excluding carboxylic acids is 3. The van der Waals surface area contributed by atoms with Crippen LogP contribution in [-0.2, 0) is 28.6 Å². The number of hydrogen-bond donors (Lipinski definition) is 0. The fourth-order valence-electron chi connectivity index (χ4n) is 5.61. The molecule has 0 aromatic heterocycles. The molecule has 1 atom stereocenters. The van der Waals surface area contributed by atoms with Crippen molar-refractivity contribution in [3.05, 3.63) is 97.2 Å². The highest BCUT2D eigenvalue weighted by atomic mass is 16.6. The van der Waals surface area contributed by atoms with Crippen LogP contribution < -0.4 is 0 Å². The van der Waals surface area contributed by atoms with Gasteiger partial charge in [-0.2, -0.15) is 0 Å². The van der Waals surface area contributed by atoms with E-state index in [1.807, 2.05) is 0 Å². The van der Waals surface area contributed by atoms with Gasteiger partial charge in [-0.05, 0) is 96.3 Å². The van der Waals surface area contributed by atoms with Crippen LogP contribution in [0.3, 0.4) is 0 Å². The molecule has 322 valence electrons. The topological polar surface area (TPSA) is 78.9 Å². The van der Waals surface area contributed by atoms with E-state index in [1.54, 1.807) is 0 Å². The van der Waals surface area contributed by atoms with Gasteiger partial charge in [-0.25, -0.2) is 0 Å². The minimum Gasteiger partial charge on any atom is -0.462 e. The van der Waals surface area contributed by atoms with Gasteiger partial charge in [0.2, 0.25) is 0 Å². The first-order valence-electron chi connectivity index (χ1n) is 22.8. The lowest BCUT2D eigenvalue weighted by Crippen LogP contribution is -2.30. The lowest BCUT2D eigenvalue weighted by Gasteiger charge is -2.18. The van der Waals surface area contributed by atoms with E-state index in [-0.39, 0.29) is 44.0 Å². The Morgan fingerprint density at radius 3 is 1.30 bits per heavy atom. The van der Waals surface area contributed by atoms with Crippen molar-refractivity contribution < 1.29 is 28.6 Å². The summed E-state index contributed by atoms with van der Waals surface area (Å²) in [4.78, 5) is 37.7. The van der Waals surface area contributed by atoms with E-state index in [4.69, 9.17) is 14.2 Å². The summed E-state index contributed by atoms with van der Waals surface area (Å²) in [6.07, 6.45) is 58.2. The first-order valence-corrected chi connectivity index (χ1v) is 22.8. The van der Waals surface area contributed by atoms with Gasteiger partial charge in [0.15, 0.2) is 6.10 Å². The van der Waals surface area contributed by atoms with Crippen molar-refractivity contribution in [2.24, 2.45) is 0 Å². The highest BCUT2D eigenvalue weighted by Gasteiger charge is 2.19. The highest BCUT2D eigenvalue weighted by molar-refractivity contribution is 5.71. The minimum atomic E-state index is -0.816. The van der Waals surface area contributed by atoms with Gasteiger partial charge in [0, 0.05) is 19.3 Å². The molecule has 0 aromatic rings. The van der Waals surface area contributed by atoms with Crippen LogP contribution in [0.25, 0.3) is 0 Å². The molecular formula is C51H82O6. The molecule has 57 heavy (non-hydrogen) atoms. The minimum absolute atomic E-state index is 0.112. The Hall–Kier alpha value is -3.67. The van der Waals surface area contributed by atoms with Crippen LogP contribution in [0, 0.1) is 0 Å². The van der Waals surface area contributed by atoms with Crippen LogP contribution in [0.5, 0.6) is 0 Å². The van der Waals surface area contributed by atoms with Crippen molar-refractivity contribution >= 4 is 17.9 Å². The Labute approximate surface area is 349 Å². The van der Waals surface area contributed by atoms with Crippen LogP contribution in [0.1, 0.15) is 188 Å². The molecular weight excluding hydrogens is 709 g/mol. The second-order valence-electron chi connectivity index (χ2n) is 14.6. The Morgan fingerprint density at radius 1 is 0.386 bits per heavy atom. The second-order valence-corrected chi connectivity index (χ2v) is 14.6. The third kappa shape index (κ3) is 43.3. The Kier molecular flexibility index (Phi) is 42.1. The van der Waals surface area contributed by atoms with Gasteiger partial charge >= 0.3 is 17.9 Å². The molecule has 0 aliphatic rings. The molecule has 0 aliphatic heterocycles. The molecule has 0 fully saturated rings. The molecule has 0 amide bonds. The normalized spacial score (nSPS) is 13.0. The lowest BCUT2D eigenvalue weighted by molar-refractivity contribution is -0.167. The molecule has 0 heterocycles. The van der Waals surface area contributed by atoms with Crippen LogP contribution in [-0.4, -0.2) is 37.2 Å². The predicted molar refractivity (Wildman–Crippen MR) is 242 cm³/mol. The molecule has 1 unspecified atom stereocenters. The molecule has 0 N–H and O–H groups in total. The first kappa shape index (κ1) is 53.3. The number of rotatable bonds is 39. The quantitative estimate of drug-likeness (QED) is 0.0203. The molecule has 0 aliphatic carbocycles. The van der Waals surface area contributed by atoms with Crippen molar-refractivity contribution in [1.29, 1.82) is 0 Å². The zero-order valence-corrected chi connectivity index (χ0v) is 36.6. The van der Waals surface area contributed by atoms with Crippen molar-refractivity contribution in [3.63, 3.8) is 0 Å². The summed E-state index contributed by atoms with van der Waals surface area (Å²) < 4.78 is 16.6. The van der Waals surface area contributed by atoms with Gasteiger partial charge in [0.25, 0.3) is 0 Å². The van der Waals surface area contributed by atoms with Gasteiger partial charge in [-0.1, -0.05) is 169 Å². The van der Waals surface area contributed by atoms with E-state index in [0.717, 1.165) is 103 Å². The van der Waals surface area contributed by atoms with E-state index >= 15 is 0 Å². The van der Waals surface area contributed by atoms with Gasteiger partial charge < -0.3 is 14.2 Å². The number of esters is 3. The summed E-state index contributed by atoms with van der Waals surface area (Å²) >= 11 is 0. The molecule has 0 spiro atoms. The van der Waals surface area contributed by atoms with Crippen LogP contribution >= 0.6 is 0 Å². The molecule has 0 radical (unpaired) electrons. The number of allylic oxidation sites excluding steroid dienone is 16. The fraction of sp³-hybridized carbons (Fsp3) is 0.627. The average molecular weight is 791 g/mol. The number of carbonyl (C=O) groups is 3. The predicted octanol–water partition coefficient (Wildman–Crippen LogP) is 14.6. The van der Waals surface area contributed by atoms with Crippen LogP contribution in [0.2, 0.25) is 0 Å². The van der Waals surface area contributed by atoms with E-state index in [1.165, 1.54) is 38.5 Å². The van der Waals surface area contributed by atoms with E-state index in [0.29, 0.717) is 12.8 Å². The summed E-state index contributed by atoms with van der Waals surface area (Å²) in [7, 11) is 0. The molecule has 6 nitrogen and oxygen atoms in total. The second kappa shape index (κ2) is 45.0. The first-order chi connectivity index (χ1) is 28.0. The maximum absolute atomic E-state index is 12.7. The van der Waals surface area contributed by atoms with Gasteiger partial charge in [-0.15, -0.1) is 0 Å². The maximum atomic E-state index is 12.7. The van der Waals surface area contributed by atoms with Crippen molar-refractivity contribution in [2.75, 3.05) is 13.2 Å². The molecule has 0 bridgehead atoms. The van der Waals surface area contributed by atoms with E-state index in [9.17, 15) is 14.4 Å². The van der Waals surface area contributed by atoms with E-state index < -0.39 is 6.10 Å².